The van der Waals surface area contributed by atoms with E-state index in [4.69, 9.17) is 10.3 Å². The molecule has 6 nitrogen and oxygen atoms in total. The number of nitrogens with zero attached hydrogens (tertiary/aromatic N) is 1. The fourth-order valence-electron chi connectivity index (χ4n) is 2.96. The number of nitrogens with two attached hydrogens (primary N) is 1. The Bertz CT molecular complexity index is 565. The highest BCUT2D eigenvalue weighted by Crippen LogP contribution is 2.22. The molecule has 0 spiro atoms. The van der Waals surface area contributed by atoms with E-state index in [9.17, 15) is 8.42 Å². The summed E-state index contributed by atoms with van der Waals surface area (Å²) in [6.07, 6.45) is 1.13. The lowest BCUT2D eigenvalue weighted by atomic mass is 9.98. The van der Waals surface area contributed by atoms with Gasteiger partial charge in [0.25, 0.3) is 10.1 Å². The molecule has 1 aromatic carbocycles. The number of piperazine rings is 1. The van der Waals surface area contributed by atoms with Crippen molar-refractivity contribution in [2.45, 2.75) is 38.0 Å². The summed E-state index contributed by atoms with van der Waals surface area (Å²) in [6, 6.07) is 10.5. The summed E-state index contributed by atoms with van der Waals surface area (Å²) in [5.41, 5.74) is 7.48. The molecule has 22 heavy (non-hydrogen) atoms. The normalized spacial score (nSPS) is 27.0. The molecule has 2 rings (SSSR count). The molecule has 124 valence electrons. The first-order chi connectivity index (χ1) is 10.4. The lowest BCUT2D eigenvalue weighted by Gasteiger charge is -2.44. The Balaban J connectivity index is 2.04. The molecule has 1 saturated heterocycles. The van der Waals surface area contributed by atoms with Gasteiger partial charge in [-0.15, -0.1) is 0 Å². The third-order valence-corrected chi connectivity index (χ3v) is 4.96. The van der Waals surface area contributed by atoms with Crippen LogP contribution in [0.15, 0.2) is 30.3 Å². The third-order valence-electron chi connectivity index (χ3n) is 4.16. The van der Waals surface area contributed by atoms with E-state index in [1.54, 1.807) is 0 Å². The van der Waals surface area contributed by atoms with Gasteiger partial charge in [-0.2, -0.15) is 8.42 Å². The molecule has 3 atom stereocenters. The van der Waals surface area contributed by atoms with Gasteiger partial charge in [0.05, 0.1) is 11.9 Å². The lowest BCUT2D eigenvalue weighted by Crippen LogP contribution is -2.62. The van der Waals surface area contributed by atoms with E-state index in [0.29, 0.717) is 13.0 Å². The zero-order valence-corrected chi connectivity index (χ0v) is 13.7. The van der Waals surface area contributed by atoms with Crippen molar-refractivity contribution in [2.24, 2.45) is 5.73 Å². The molecule has 1 aromatic rings. The van der Waals surface area contributed by atoms with E-state index >= 15 is 0 Å². The van der Waals surface area contributed by atoms with Gasteiger partial charge >= 0.3 is 0 Å². The Labute approximate surface area is 132 Å². The van der Waals surface area contributed by atoms with Crippen LogP contribution in [-0.2, 0) is 10.1 Å². The van der Waals surface area contributed by atoms with E-state index in [1.807, 2.05) is 18.2 Å². The molecular formula is C15H25N3O3S. The van der Waals surface area contributed by atoms with Crippen molar-refractivity contribution in [3.63, 3.8) is 0 Å². The molecule has 0 saturated carbocycles. The van der Waals surface area contributed by atoms with Gasteiger partial charge in [-0.05, 0) is 18.4 Å². The van der Waals surface area contributed by atoms with Gasteiger partial charge in [0.1, 0.15) is 0 Å². The van der Waals surface area contributed by atoms with E-state index in [2.05, 4.69) is 29.3 Å². The maximum atomic E-state index is 10.9. The van der Waals surface area contributed by atoms with Crippen LogP contribution in [-0.4, -0.2) is 48.9 Å². The second kappa shape index (κ2) is 7.52. The number of hydrogen-bond donors (Lipinski definition) is 3. The van der Waals surface area contributed by atoms with Crippen molar-refractivity contribution in [2.75, 3.05) is 18.8 Å². The van der Waals surface area contributed by atoms with Crippen molar-refractivity contribution >= 4 is 10.1 Å². The van der Waals surface area contributed by atoms with Crippen molar-refractivity contribution in [3.8, 4) is 0 Å². The molecule has 7 heteroatoms. The van der Waals surface area contributed by atoms with Crippen LogP contribution in [0.25, 0.3) is 0 Å². The van der Waals surface area contributed by atoms with Crippen LogP contribution in [0.1, 0.15) is 31.4 Å². The summed E-state index contributed by atoms with van der Waals surface area (Å²) in [7, 11) is -3.91. The molecule has 0 aromatic heterocycles. The van der Waals surface area contributed by atoms with Crippen LogP contribution in [0.3, 0.4) is 0 Å². The van der Waals surface area contributed by atoms with Crippen LogP contribution in [0.2, 0.25) is 0 Å². The van der Waals surface area contributed by atoms with Crippen molar-refractivity contribution < 1.29 is 13.0 Å². The molecule has 0 bridgehead atoms. The van der Waals surface area contributed by atoms with E-state index in [0.717, 1.165) is 13.0 Å². The quantitative estimate of drug-likeness (QED) is 0.674. The highest BCUT2D eigenvalue weighted by atomic mass is 32.2. The minimum absolute atomic E-state index is 0.147. The fraction of sp³-hybridized carbons (Fsp3) is 0.600. The molecule has 1 fully saturated rings. The molecule has 1 aliphatic heterocycles. The van der Waals surface area contributed by atoms with Crippen LogP contribution in [0.4, 0.5) is 0 Å². The minimum atomic E-state index is -3.91. The first kappa shape index (κ1) is 17.4. The number of rotatable bonds is 6. The standard InChI is InChI=1S/C15H25N3O3S/c1-2-13-15(16)18(9-6-10-22(19,20)21)11-14(17-13)12-7-4-3-5-8-12/h3-5,7-8,13-15,17H,2,6,9-11,16H2,1H3,(H,19,20,21). The van der Waals surface area contributed by atoms with E-state index < -0.39 is 10.1 Å². The summed E-state index contributed by atoms with van der Waals surface area (Å²) in [5, 5.41) is 3.57. The predicted octanol–water partition coefficient (Wildman–Crippen LogP) is 0.974. The maximum absolute atomic E-state index is 10.9. The highest BCUT2D eigenvalue weighted by molar-refractivity contribution is 7.85. The van der Waals surface area contributed by atoms with Gasteiger partial charge in [0, 0.05) is 25.2 Å². The Hall–Kier alpha value is -0.990. The van der Waals surface area contributed by atoms with Gasteiger partial charge in [-0.1, -0.05) is 37.3 Å². The van der Waals surface area contributed by atoms with Crippen molar-refractivity contribution in [1.29, 1.82) is 0 Å². The second-order valence-electron chi connectivity index (χ2n) is 5.77. The van der Waals surface area contributed by atoms with Crippen LogP contribution >= 0.6 is 0 Å². The van der Waals surface area contributed by atoms with Gasteiger partial charge in [0.2, 0.25) is 0 Å². The summed E-state index contributed by atoms with van der Waals surface area (Å²) in [4.78, 5) is 2.10. The zero-order valence-electron chi connectivity index (χ0n) is 12.9. The Kier molecular flexibility index (Phi) is 5.94. The SMILES string of the molecule is CCC1NC(c2ccccc2)CN(CCCS(=O)(=O)O)C1N. The number of nitrogens with one attached hydrogen (secondary N) is 1. The van der Waals surface area contributed by atoms with Crippen molar-refractivity contribution in [3.05, 3.63) is 35.9 Å². The molecular weight excluding hydrogens is 302 g/mol. The summed E-state index contributed by atoms with van der Waals surface area (Å²) < 4.78 is 30.6. The number of benzene rings is 1. The predicted molar refractivity (Wildman–Crippen MR) is 87.0 cm³/mol. The van der Waals surface area contributed by atoms with Crippen LogP contribution < -0.4 is 11.1 Å². The first-order valence-electron chi connectivity index (χ1n) is 7.66. The largest absolute Gasteiger partial charge is 0.314 e. The highest BCUT2D eigenvalue weighted by Gasteiger charge is 2.32. The van der Waals surface area contributed by atoms with Crippen molar-refractivity contribution in [1.82, 2.24) is 10.2 Å². The van der Waals surface area contributed by atoms with Crippen LogP contribution in [0, 0.1) is 0 Å². The smallest absolute Gasteiger partial charge is 0.264 e. The first-order valence-corrected chi connectivity index (χ1v) is 9.27. The fourth-order valence-corrected chi connectivity index (χ4v) is 3.45. The van der Waals surface area contributed by atoms with E-state index in [1.165, 1.54) is 5.56 Å². The maximum Gasteiger partial charge on any atom is 0.264 e. The molecule has 0 amide bonds. The molecule has 4 N–H and O–H groups in total. The topological polar surface area (TPSA) is 95.7 Å². The average Bonchev–Trinajstić information content (AvgIpc) is 2.48. The molecule has 0 aliphatic carbocycles. The summed E-state index contributed by atoms with van der Waals surface area (Å²) in [6.45, 7) is 3.37. The van der Waals surface area contributed by atoms with Gasteiger partial charge < -0.3 is 11.1 Å². The second-order valence-corrected chi connectivity index (χ2v) is 7.34. The Morgan fingerprint density at radius 1 is 1.36 bits per heavy atom. The summed E-state index contributed by atoms with van der Waals surface area (Å²) in [5.74, 6) is -0.226. The van der Waals surface area contributed by atoms with Gasteiger partial charge in [-0.3, -0.25) is 9.45 Å². The average molecular weight is 327 g/mol. The van der Waals surface area contributed by atoms with Gasteiger partial charge in [-0.25, -0.2) is 0 Å². The third kappa shape index (κ3) is 4.76. The molecule has 0 radical (unpaired) electrons. The number of hydrogen-bond acceptors (Lipinski definition) is 5. The van der Waals surface area contributed by atoms with E-state index in [-0.39, 0.29) is 24.0 Å². The van der Waals surface area contributed by atoms with Crippen LogP contribution in [0.5, 0.6) is 0 Å². The molecule has 1 heterocycles. The summed E-state index contributed by atoms with van der Waals surface area (Å²) >= 11 is 0. The Morgan fingerprint density at radius 3 is 2.64 bits per heavy atom. The Morgan fingerprint density at radius 2 is 2.05 bits per heavy atom. The molecule has 3 unspecified atom stereocenters. The lowest BCUT2D eigenvalue weighted by molar-refractivity contribution is 0.0901. The minimum Gasteiger partial charge on any atom is -0.314 e. The zero-order chi connectivity index (χ0) is 16.2. The van der Waals surface area contributed by atoms with Gasteiger partial charge in [0.15, 0.2) is 0 Å². The molecule has 1 aliphatic rings. The monoisotopic (exact) mass is 327 g/mol.